The Bertz CT molecular complexity index is 2260. The first-order chi connectivity index (χ1) is 23.8. The molecule has 0 unspecified atom stereocenters. The third-order valence-corrected chi connectivity index (χ3v) is 8.54. The van der Waals surface area contributed by atoms with Crippen LogP contribution >= 0.6 is 0 Å². The lowest BCUT2D eigenvalue weighted by Gasteiger charge is -2.14. The van der Waals surface area contributed by atoms with Crippen LogP contribution in [0.1, 0.15) is 0 Å². The van der Waals surface area contributed by atoms with Gasteiger partial charge in [0.05, 0.1) is 0 Å². The van der Waals surface area contributed by atoms with Crippen molar-refractivity contribution >= 4 is 0 Å². The lowest BCUT2D eigenvalue weighted by Crippen LogP contribution is -2.00. The Hall–Kier alpha value is -6.45. The SMILES string of the molecule is c1ccc(-c2ccc(-c3cccc(-c4cccc(-c5nc(-c6ccccc6)nc(-c6ccccc6)n5)c4)c3)c(-c3ccccc3)c2)cc1. The molecule has 0 aliphatic heterocycles. The second-order valence-corrected chi connectivity index (χ2v) is 11.7. The van der Waals surface area contributed by atoms with E-state index in [9.17, 15) is 0 Å². The van der Waals surface area contributed by atoms with Crippen LogP contribution in [-0.2, 0) is 0 Å². The molecule has 0 aliphatic carbocycles. The van der Waals surface area contributed by atoms with Crippen LogP contribution in [0.4, 0.5) is 0 Å². The Kier molecular flexibility index (Phi) is 7.92. The lowest BCUT2D eigenvalue weighted by molar-refractivity contribution is 1.07. The highest BCUT2D eigenvalue weighted by Crippen LogP contribution is 2.37. The summed E-state index contributed by atoms with van der Waals surface area (Å²) in [6.45, 7) is 0. The molecule has 8 aromatic rings. The molecule has 1 aromatic heterocycles. The van der Waals surface area contributed by atoms with Crippen molar-refractivity contribution < 1.29 is 0 Å². The highest BCUT2D eigenvalue weighted by molar-refractivity contribution is 5.88. The van der Waals surface area contributed by atoms with E-state index in [1.807, 2.05) is 60.7 Å². The first-order valence-corrected chi connectivity index (χ1v) is 16.1. The smallest absolute Gasteiger partial charge is 0.164 e. The summed E-state index contributed by atoms with van der Waals surface area (Å²) < 4.78 is 0. The van der Waals surface area contributed by atoms with Crippen molar-refractivity contribution in [2.75, 3.05) is 0 Å². The molecule has 0 saturated heterocycles. The van der Waals surface area contributed by atoms with Gasteiger partial charge in [0.25, 0.3) is 0 Å². The Balaban J connectivity index is 1.21. The van der Waals surface area contributed by atoms with Gasteiger partial charge in [-0.1, -0.05) is 170 Å². The van der Waals surface area contributed by atoms with Gasteiger partial charge in [0.1, 0.15) is 0 Å². The van der Waals surface area contributed by atoms with Gasteiger partial charge in [-0.15, -0.1) is 0 Å². The maximum atomic E-state index is 4.96. The monoisotopic (exact) mass is 613 g/mol. The molecule has 0 spiro atoms. The number of nitrogens with zero attached hydrogens (tertiary/aromatic N) is 3. The average Bonchev–Trinajstić information content (AvgIpc) is 3.19. The molecule has 0 fully saturated rings. The molecule has 8 rings (SSSR count). The first-order valence-electron chi connectivity index (χ1n) is 16.1. The number of benzene rings is 7. The Labute approximate surface area is 280 Å². The zero-order valence-corrected chi connectivity index (χ0v) is 26.2. The fourth-order valence-corrected chi connectivity index (χ4v) is 6.10. The molecule has 0 aliphatic rings. The molecule has 7 aromatic carbocycles. The highest BCUT2D eigenvalue weighted by atomic mass is 15.0. The summed E-state index contributed by atoms with van der Waals surface area (Å²) in [6.07, 6.45) is 0. The molecule has 0 amide bonds. The zero-order valence-electron chi connectivity index (χ0n) is 26.2. The Morgan fingerprint density at radius 1 is 0.208 bits per heavy atom. The van der Waals surface area contributed by atoms with Crippen molar-refractivity contribution in [1.29, 1.82) is 0 Å². The molecular weight excluding hydrogens is 583 g/mol. The maximum absolute atomic E-state index is 4.96. The first kappa shape index (κ1) is 29.0. The van der Waals surface area contributed by atoms with E-state index >= 15 is 0 Å². The fourth-order valence-electron chi connectivity index (χ4n) is 6.10. The quantitative estimate of drug-likeness (QED) is 0.179. The molecule has 48 heavy (non-hydrogen) atoms. The molecule has 3 nitrogen and oxygen atoms in total. The van der Waals surface area contributed by atoms with Crippen LogP contribution < -0.4 is 0 Å². The van der Waals surface area contributed by atoms with Gasteiger partial charge in [0, 0.05) is 16.7 Å². The number of hydrogen-bond donors (Lipinski definition) is 0. The summed E-state index contributed by atoms with van der Waals surface area (Å²) in [4.78, 5) is 14.8. The van der Waals surface area contributed by atoms with E-state index in [4.69, 9.17) is 15.0 Å². The lowest BCUT2D eigenvalue weighted by atomic mass is 9.90. The molecule has 0 atom stereocenters. The second-order valence-electron chi connectivity index (χ2n) is 11.7. The average molecular weight is 614 g/mol. The van der Waals surface area contributed by atoms with Crippen molar-refractivity contribution in [3.05, 3.63) is 188 Å². The summed E-state index contributed by atoms with van der Waals surface area (Å²) in [5, 5.41) is 0. The summed E-state index contributed by atoms with van der Waals surface area (Å²) in [5.41, 5.74) is 12.2. The summed E-state index contributed by atoms with van der Waals surface area (Å²) >= 11 is 0. The number of hydrogen-bond acceptors (Lipinski definition) is 3. The van der Waals surface area contributed by atoms with E-state index in [0.717, 1.165) is 33.4 Å². The Morgan fingerprint density at radius 2 is 0.583 bits per heavy atom. The number of rotatable bonds is 7. The molecular formula is C45H31N3. The summed E-state index contributed by atoms with van der Waals surface area (Å²) in [5.74, 6) is 1.95. The largest absolute Gasteiger partial charge is 0.208 e. The van der Waals surface area contributed by atoms with E-state index in [0.29, 0.717) is 17.5 Å². The van der Waals surface area contributed by atoms with Crippen LogP contribution in [0.25, 0.3) is 78.7 Å². The van der Waals surface area contributed by atoms with Crippen LogP contribution in [0.3, 0.4) is 0 Å². The van der Waals surface area contributed by atoms with Crippen LogP contribution in [0.15, 0.2) is 188 Å². The van der Waals surface area contributed by atoms with Gasteiger partial charge in [-0.25, -0.2) is 15.0 Å². The van der Waals surface area contributed by atoms with Gasteiger partial charge >= 0.3 is 0 Å². The number of aromatic nitrogens is 3. The molecule has 1 heterocycles. The predicted octanol–water partition coefficient (Wildman–Crippen LogP) is 11.5. The van der Waals surface area contributed by atoms with Crippen LogP contribution in [0, 0.1) is 0 Å². The highest BCUT2D eigenvalue weighted by Gasteiger charge is 2.14. The van der Waals surface area contributed by atoms with Crippen molar-refractivity contribution in [2.24, 2.45) is 0 Å². The van der Waals surface area contributed by atoms with E-state index < -0.39 is 0 Å². The molecule has 0 bridgehead atoms. The van der Waals surface area contributed by atoms with E-state index in [1.54, 1.807) is 0 Å². The van der Waals surface area contributed by atoms with Gasteiger partial charge < -0.3 is 0 Å². The van der Waals surface area contributed by atoms with Gasteiger partial charge in [0.2, 0.25) is 0 Å². The summed E-state index contributed by atoms with van der Waals surface area (Å²) in [7, 11) is 0. The minimum Gasteiger partial charge on any atom is -0.208 e. The van der Waals surface area contributed by atoms with Gasteiger partial charge in [-0.3, -0.25) is 0 Å². The zero-order chi connectivity index (χ0) is 32.1. The van der Waals surface area contributed by atoms with E-state index in [-0.39, 0.29) is 0 Å². The minimum atomic E-state index is 0.642. The van der Waals surface area contributed by atoms with Gasteiger partial charge in [0.15, 0.2) is 17.5 Å². The standard InChI is InChI=1S/C45H31N3/c1-5-15-32(16-6-1)38-27-28-41(42(31-38)33-17-7-2-8-18-33)39-25-13-23-36(29-39)37-24-14-26-40(30-37)45-47-43(34-19-9-3-10-20-34)46-44(48-45)35-21-11-4-12-22-35/h1-31H. The molecule has 0 radical (unpaired) electrons. The van der Waals surface area contributed by atoms with Crippen molar-refractivity contribution in [3.8, 4) is 78.7 Å². The normalized spacial score (nSPS) is 10.9. The minimum absolute atomic E-state index is 0.642. The third-order valence-electron chi connectivity index (χ3n) is 8.54. The van der Waals surface area contributed by atoms with Crippen LogP contribution in [-0.4, -0.2) is 15.0 Å². The molecule has 0 saturated carbocycles. The van der Waals surface area contributed by atoms with Gasteiger partial charge in [-0.05, 0) is 62.7 Å². The van der Waals surface area contributed by atoms with Gasteiger partial charge in [-0.2, -0.15) is 0 Å². The fraction of sp³-hybridized carbons (Fsp3) is 0. The Morgan fingerprint density at radius 3 is 1.12 bits per heavy atom. The maximum Gasteiger partial charge on any atom is 0.164 e. The van der Waals surface area contributed by atoms with Crippen LogP contribution in [0.5, 0.6) is 0 Å². The predicted molar refractivity (Wildman–Crippen MR) is 198 cm³/mol. The topological polar surface area (TPSA) is 38.7 Å². The van der Waals surface area contributed by atoms with Crippen molar-refractivity contribution in [3.63, 3.8) is 0 Å². The van der Waals surface area contributed by atoms with E-state index in [1.165, 1.54) is 27.8 Å². The second kappa shape index (κ2) is 13.1. The van der Waals surface area contributed by atoms with E-state index in [2.05, 4.69) is 127 Å². The molecule has 0 N–H and O–H groups in total. The van der Waals surface area contributed by atoms with Crippen molar-refractivity contribution in [2.45, 2.75) is 0 Å². The molecule has 3 heteroatoms. The van der Waals surface area contributed by atoms with Crippen molar-refractivity contribution in [1.82, 2.24) is 15.0 Å². The molecule has 226 valence electrons. The van der Waals surface area contributed by atoms with Crippen LogP contribution in [0.2, 0.25) is 0 Å². The third kappa shape index (κ3) is 6.05. The summed E-state index contributed by atoms with van der Waals surface area (Å²) in [6, 6.07) is 65.4.